The van der Waals surface area contributed by atoms with Crippen LogP contribution in [-0.4, -0.2) is 16.6 Å². The second kappa shape index (κ2) is 3.90. The summed E-state index contributed by atoms with van der Waals surface area (Å²) in [4.78, 5) is 0. The Morgan fingerprint density at radius 3 is 2.50 bits per heavy atom. The van der Waals surface area contributed by atoms with Gasteiger partial charge in [0.25, 0.3) is 0 Å². The maximum atomic E-state index is 5.64. The molecular weight excluding hydrogens is 239 g/mol. The Morgan fingerprint density at radius 1 is 1.40 bits per heavy atom. The molecule has 0 spiro atoms. The SMILES string of the molecule is CC(C)[C@H]1CC[C@H](I)CO1. The molecule has 1 nitrogen and oxygen atoms in total. The molecule has 0 amide bonds. The van der Waals surface area contributed by atoms with Crippen LogP contribution in [0.1, 0.15) is 26.7 Å². The van der Waals surface area contributed by atoms with Gasteiger partial charge in [-0.3, -0.25) is 0 Å². The minimum absolute atomic E-state index is 0.533. The second-order valence-corrected chi connectivity index (χ2v) is 5.05. The highest BCUT2D eigenvalue weighted by Crippen LogP contribution is 2.23. The van der Waals surface area contributed by atoms with Gasteiger partial charge in [0.15, 0.2) is 0 Å². The number of rotatable bonds is 1. The zero-order chi connectivity index (χ0) is 7.56. The van der Waals surface area contributed by atoms with Gasteiger partial charge in [-0.2, -0.15) is 0 Å². The van der Waals surface area contributed by atoms with Crippen molar-refractivity contribution in [3.05, 3.63) is 0 Å². The third-order valence-electron chi connectivity index (χ3n) is 2.00. The number of ether oxygens (including phenoxy) is 1. The highest BCUT2D eigenvalue weighted by atomic mass is 127. The van der Waals surface area contributed by atoms with Crippen LogP contribution >= 0.6 is 22.6 Å². The van der Waals surface area contributed by atoms with Crippen molar-refractivity contribution in [2.45, 2.75) is 36.7 Å². The van der Waals surface area contributed by atoms with Gasteiger partial charge in [-0.25, -0.2) is 0 Å². The first-order valence-corrected chi connectivity index (χ1v) is 5.20. The van der Waals surface area contributed by atoms with Gasteiger partial charge in [-0.15, -0.1) is 0 Å². The van der Waals surface area contributed by atoms with Crippen molar-refractivity contribution in [2.24, 2.45) is 5.92 Å². The summed E-state index contributed by atoms with van der Waals surface area (Å²) in [6.07, 6.45) is 3.13. The Labute approximate surface area is 76.7 Å². The Bertz CT molecular complexity index is 95.4. The van der Waals surface area contributed by atoms with E-state index in [-0.39, 0.29) is 0 Å². The van der Waals surface area contributed by atoms with Gasteiger partial charge >= 0.3 is 0 Å². The average molecular weight is 254 g/mol. The van der Waals surface area contributed by atoms with Crippen molar-refractivity contribution < 1.29 is 4.74 Å². The van der Waals surface area contributed by atoms with Crippen molar-refractivity contribution in [3.63, 3.8) is 0 Å². The van der Waals surface area contributed by atoms with Crippen LogP contribution in [0.2, 0.25) is 0 Å². The third kappa shape index (κ3) is 2.38. The van der Waals surface area contributed by atoms with E-state index in [4.69, 9.17) is 4.74 Å². The summed E-state index contributed by atoms with van der Waals surface area (Å²) in [6.45, 7) is 5.43. The van der Waals surface area contributed by atoms with E-state index < -0.39 is 0 Å². The molecule has 2 heteroatoms. The van der Waals surface area contributed by atoms with E-state index in [0.29, 0.717) is 12.0 Å². The van der Waals surface area contributed by atoms with E-state index in [1.807, 2.05) is 0 Å². The topological polar surface area (TPSA) is 9.23 Å². The van der Waals surface area contributed by atoms with Gasteiger partial charge in [-0.05, 0) is 18.8 Å². The standard InChI is InChI=1S/C8H15IO/c1-6(2)8-4-3-7(9)5-10-8/h6-8H,3-5H2,1-2H3/t7-,8+/m0/s1. The largest absolute Gasteiger partial charge is 0.377 e. The van der Waals surface area contributed by atoms with Crippen LogP contribution in [0.4, 0.5) is 0 Å². The lowest BCUT2D eigenvalue weighted by Crippen LogP contribution is -2.29. The quantitative estimate of drug-likeness (QED) is 0.516. The first-order valence-electron chi connectivity index (χ1n) is 3.96. The van der Waals surface area contributed by atoms with Gasteiger partial charge in [0, 0.05) is 3.92 Å². The molecular formula is C8H15IO. The fraction of sp³-hybridized carbons (Fsp3) is 1.00. The van der Waals surface area contributed by atoms with E-state index in [2.05, 4.69) is 36.4 Å². The fourth-order valence-electron chi connectivity index (χ4n) is 1.27. The maximum Gasteiger partial charge on any atom is 0.0598 e. The first-order chi connectivity index (χ1) is 4.70. The molecule has 0 radical (unpaired) electrons. The normalized spacial score (nSPS) is 34.8. The monoisotopic (exact) mass is 254 g/mol. The molecule has 2 atom stereocenters. The summed E-state index contributed by atoms with van der Waals surface area (Å²) in [5.41, 5.74) is 0. The number of alkyl halides is 1. The molecule has 0 unspecified atom stereocenters. The molecule has 1 heterocycles. The molecule has 0 aromatic heterocycles. The first kappa shape index (κ1) is 8.78. The highest BCUT2D eigenvalue weighted by Gasteiger charge is 2.21. The van der Waals surface area contributed by atoms with E-state index in [1.165, 1.54) is 12.8 Å². The number of hydrogen-bond donors (Lipinski definition) is 0. The predicted octanol–water partition coefficient (Wildman–Crippen LogP) is 2.63. The molecule has 0 aromatic carbocycles. The third-order valence-corrected chi connectivity index (χ3v) is 2.98. The maximum absolute atomic E-state index is 5.64. The van der Waals surface area contributed by atoms with Crippen LogP contribution in [0.25, 0.3) is 0 Å². The zero-order valence-corrected chi connectivity index (χ0v) is 8.80. The average Bonchev–Trinajstić information content (AvgIpc) is 1.88. The van der Waals surface area contributed by atoms with Crippen molar-refractivity contribution in [3.8, 4) is 0 Å². The highest BCUT2D eigenvalue weighted by molar-refractivity contribution is 14.1. The molecule has 1 aliphatic rings. The molecule has 0 aliphatic carbocycles. The Balaban J connectivity index is 2.26. The lowest BCUT2D eigenvalue weighted by Gasteiger charge is -2.28. The summed E-state index contributed by atoms with van der Waals surface area (Å²) in [6, 6.07) is 0. The zero-order valence-electron chi connectivity index (χ0n) is 6.64. The minimum Gasteiger partial charge on any atom is -0.377 e. The van der Waals surface area contributed by atoms with Crippen molar-refractivity contribution >= 4 is 22.6 Å². The van der Waals surface area contributed by atoms with Gasteiger partial charge in [0.05, 0.1) is 12.7 Å². The summed E-state index contributed by atoms with van der Waals surface area (Å²) in [5, 5.41) is 0. The van der Waals surface area contributed by atoms with Crippen molar-refractivity contribution in [2.75, 3.05) is 6.61 Å². The predicted molar refractivity (Wildman–Crippen MR) is 51.6 cm³/mol. The summed E-state index contributed by atoms with van der Waals surface area (Å²) in [7, 11) is 0. The minimum atomic E-state index is 0.533. The molecule has 1 rings (SSSR count). The lowest BCUT2D eigenvalue weighted by molar-refractivity contribution is -0.00586. The molecule has 1 aliphatic heterocycles. The fourth-order valence-corrected chi connectivity index (χ4v) is 1.83. The molecule has 1 saturated heterocycles. The van der Waals surface area contributed by atoms with E-state index in [1.54, 1.807) is 0 Å². The molecule has 1 fully saturated rings. The van der Waals surface area contributed by atoms with Gasteiger partial charge < -0.3 is 4.74 Å². The van der Waals surface area contributed by atoms with Crippen LogP contribution in [0.5, 0.6) is 0 Å². The summed E-state index contributed by atoms with van der Waals surface area (Å²) in [5.74, 6) is 0.698. The van der Waals surface area contributed by atoms with E-state index in [9.17, 15) is 0 Å². The van der Waals surface area contributed by atoms with Gasteiger partial charge in [-0.1, -0.05) is 36.4 Å². The van der Waals surface area contributed by atoms with E-state index in [0.717, 1.165) is 10.5 Å². The van der Waals surface area contributed by atoms with Crippen LogP contribution in [0.15, 0.2) is 0 Å². The summed E-state index contributed by atoms with van der Waals surface area (Å²) < 4.78 is 6.40. The smallest absolute Gasteiger partial charge is 0.0598 e. The van der Waals surface area contributed by atoms with Crippen LogP contribution in [0, 0.1) is 5.92 Å². The van der Waals surface area contributed by atoms with E-state index >= 15 is 0 Å². The molecule has 0 N–H and O–H groups in total. The van der Waals surface area contributed by atoms with Gasteiger partial charge in [0.1, 0.15) is 0 Å². The second-order valence-electron chi connectivity index (χ2n) is 3.29. The molecule has 0 saturated carbocycles. The van der Waals surface area contributed by atoms with Crippen molar-refractivity contribution in [1.29, 1.82) is 0 Å². The molecule has 0 aromatic rings. The van der Waals surface area contributed by atoms with Crippen LogP contribution in [-0.2, 0) is 4.74 Å². The van der Waals surface area contributed by atoms with Crippen LogP contribution in [0.3, 0.4) is 0 Å². The van der Waals surface area contributed by atoms with Crippen molar-refractivity contribution in [1.82, 2.24) is 0 Å². The number of halogens is 1. The molecule has 10 heavy (non-hydrogen) atoms. The van der Waals surface area contributed by atoms with Gasteiger partial charge in [0.2, 0.25) is 0 Å². The Kier molecular flexibility index (Phi) is 3.43. The summed E-state index contributed by atoms with van der Waals surface area (Å²) >= 11 is 2.47. The lowest BCUT2D eigenvalue weighted by atomic mass is 9.99. The molecule has 0 bridgehead atoms. The number of hydrogen-bond acceptors (Lipinski definition) is 1. The Morgan fingerprint density at radius 2 is 2.10 bits per heavy atom. The molecule has 60 valence electrons. The Hall–Kier alpha value is 0.690. The van der Waals surface area contributed by atoms with Crippen LogP contribution < -0.4 is 0 Å².